The summed E-state index contributed by atoms with van der Waals surface area (Å²) in [5.41, 5.74) is 5.16. The van der Waals surface area contributed by atoms with Gasteiger partial charge in [0.1, 0.15) is 6.04 Å². The summed E-state index contributed by atoms with van der Waals surface area (Å²) < 4.78 is 0. The zero-order valence-electron chi connectivity index (χ0n) is 7.75. The topological polar surface area (TPSA) is 63.4 Å². The zero-order chi connectivity index (χ0) is 9.14. The molecule has 2 amide bonds. The number of carbonyl (C=O) groups excluding carboxylic acids is 2. The monoisotopic (exact) mass is 378 g/mol. The fourth-order valence-corrected chi connectivity index (χ4v) is 1.57. The summed E-state index contributed by atoms with van der Waals surface area (Å²) in [5, 5.41) is 0. The molecule has 0 aliphatic carbocycles. The summed E-state index contributed by atoms with van der Waals surface area (Å²) >= 11 is 0. The molecule has 1 fully saturated rings. The Labute approximate surface area is 98.0 Å². The molecule has 72 valence electrons. The summed E-state index contributed by atoms with van der Waals surface area (Å²) in [5.74, 6) is -0.339. The maximum Gasteiger partial charge on any atom is 0.240 e. The van der Waals surface area contributed by atoms with Crippen molar-refractivity contribution in [2.24, 2.45) is 5.73 Å². The Bertz CT molecular complexity index is 208. The number of rotatable bonds is 3. The zero-order valence-corrected chi connectivity index (χ0v) is 11.6. The molecule has 1 unspecified atom stereocenters. The summed E-state index contributed by atoms with van der Waals surface area (Å²) in [6.45, 7) is 2.54. The van der Waals surface area contributed by atoms with E-state index in [2.05, 4.69) is 0 Å². The molecule has 13 heavy (non-hydrogen) atoms. The second-order valence-corrected chi connectivity index (χ2v) is 3.02. The molecule has 1 heterocycles. The van der Waals surface area contributed by atoms with E-state index in [9.17, 15) is 9.59 Å². The summed E-state index contributed by atoms with van der Waals surface area (Å²) in [4.78, 5) is 23.7. The third-order valence-corrected chi connectivity index (χ3v) is 2.20. The van der Waals surface area contributed by atoms with Crippen molar-refractivity contribution in [3.8, 4) is 0 Å². The predicted molar refractivity (Wildman–Crippen MR) is 50.0 cm³/mol. The largest absolute Gasteiger partial charge is 0.368 e. The van der Waals surface area contributed by atoms with Crippen molar-refractivity contribution in [2.75, 3.05) is 6.54 Å². The van der Waals surface area contributed by atoms with Crippen molar-refractivity contribution in [3.63, 3.8) is 0 Å². The second kappa shape index (κ2) is 5.56. The molecule has 1 rings (SSSR count). The Kier molecular flexibility index (Phi) is 5.50. The number of carbonyl (C=O) groups is 2. The average Bonchev–Trinajstić information content (AvgIpc) is 2.38. The van der Waals surface area contributed by atoms with E-state index < -0.39 is 5.91 Å². The van der Waals surface area contributed by atoms with Gasteiger partial charge in [-0.05, 0) is 12.8 Å². The summed E-state index contributed by atoms with van der Waals surface area (Å²) in [7, 11) is 0. The van der Waals surface area contributed by atoms with E-state index in [1.807, 2.05) is 6.92 Å². The van der Waals surface area contributed by atoms with E-state index in [0.717, 1.165) is 6.42 Å². The van der Waals surface area contributed by atoms with Crippen LogP contribution in [-0.2, 0) is 9.59 Å². The van der Waals surface area contributed by atoms with Gasteiger partial charge in [-0.1, -0.05) is 6.92 Å². The Morgan fingerprint density at radius 1 is 1.69 bits per heavy atom. The van der Waals surface area contributed by atoms with Crippen LogP contribution in [0.3, 0.4) is 0 Å². The molecule has 1 aliphatic rings. The molecule has 0 spiro atoms. The van der Waals surface area contributed by atoms with Crippen LogP contribution in [0.15, 0.2) is 0 Å². The van der Waals surface area contributed by atoms with E-state index in [1.54, 1.807) is 4.90 Å². The van der Waals surface area contributed by atoms with Gasteiger partial charge in [0.15, 0.2) is 0 Å². The SMILES string of the molecule is CCC(C(N)=O)N1CCCC1=O.[Pb]. The van der Waals surface area contributed by atoms with Crippen LogP contribution in [0.5, 0.6) is 0 Å². The molecule has 0 aromatic rings. The van der Waals surface area contributed by atoms with Gasteiger partial charge in [-0.2, -0.15) is 0 Å². The van der Waals surface area contributed by atoms with Crippen molar-refractivity contribution >= 4 is 39.1 Å². The summed E-state index contributed by atoms with van der Waals surface area (Å²) in [6.07, 6.45) is 2.02. The van der Waals surface area contributed by atoms with Crippen LogP contribution < -0.4 is 5.73 Å². The minimum Gasteiger partial charge on any atom is -0.368 e. The normalized spacial score (nSPS) is 18.2. The van der Waals surface area contributed by atoms with Gasteiger partial charge in [0.25, 0.3) is 0 Å². The Hall–Kier alpha value is -0.138. The van der Waals surface area contributed by atoms with E-state index in [1.165, 1.54) is 0 Å². The molecule has 1 saturated heterocycles. The van der Waals surface area contributed by atoms with Crippen LogP contribution in [0.2, 0.25) is 0 Å². The predicted octanol–water partition coefficient (Wildman–Crippen LogP) is -0.508. The van der Waals surface area contributed by atoms with Crippen LogP contribution in [-0.4, -0.2) is 56.6 Å². The molecule has 4 nitrogen and oxygen atoms in total. The summed E-state index contributed by atoms with van der Waals surface area (Å²) in [6, 6.07) is -0.389. The third-order valence-electron chi connectivity index (χ3n) is 2.20. The van der Waals surface area contributed by atoms with Crippen molar-refractivity contribution < 1.29 is 9.59 Å². The number of hydrogen-bond donors (Lipinski definition) is 1. The Morgan fingerprint density at radius 3 is 2.62 bits per heavy atom. The smallest absolute Gasteiger partial charge is 0.240 e. The molecular formula is C8H14N2O2Pb. The first kappa shape index (κ1) is 12.9. The van der Waals surface area contributed by atoms with Crippen LogP contribution in [0.1, 0.15) is 26.2 Å². The number of nitrogens with two attached hydrogens (primary N) is 1. The van der Waals surface area contributed by atoms with E-state index in [-0.39, 0.29) is 39.2 Å². The van der Waals surface area contributed by atoms with Crippen molar-refractivity contribution in [2.45, 2.75) is 32.2 Å². The van der Waals surface area contributed by atoms with Gasteiger partial charge in [0.05, 0.1) is 0 Å². The van der Waals surface area contributed by atoms with Gasteiger partial charge in [-0.3, -0.25) is 9.59 Å². The molecule has 2 N–H and O–H groups in total. The van der Waals surface area contributed by atoms with Gasteiger partial charge in [-0.15, -0.1) is 0 Å². The third kappa shape index (κ3) is 2.92. The van der Waals surface area contributed by atoms with Gasteiger partial charge in [0.2, 0.25) is 11.8 Å². The van der Waals surface area contributed by atoms with Crippen molar-refractivity contribution in [1.29, 1.82) is 0 Å². The van der Waals surface area contributed by atoms with E-state index in [4.69, 9.17) is 5.73 Å². The van der Waals surface area contributed by atoms with Gasteiger partial charge in [-0.25, -0.2) is 0 Å². The van der Waals surface area contributed by atoms with Gasteiger partial charge >= 0.3 is 0 Å². The van der Waals surface area contributed by atoms with Gasteiger partial charge in [0, 0.05) is 40.3 Å². The first-order valence-corrected chi connectivity index (χ1v) is 4.25. The molecule has 5 heteroatoms. The molecule has 1 atom stereocenters. The molecule has 4 radical (unpaired) electrons. The molecular weight excluding hydrogens is 363 g/mol. The number of amides is 2. The molecule has 0 saturated carbocycles. The first-order valence-electron chi connectivity index (χ1n) is 4.25. The quantitative estimate of drug-likeness (QED) is 0.674. The fraction of sp³-hybridized carbons (Fsp3) is 0.750. The molecule has 1 aliphatic heterocycles. The maximum atomic E-state index is 11.2. The Morgan fingerprint density at radius 2 is 2.31 bits per heavy atom. The van der Waals surface area contributed by atoms with Crippen LogP contribution in [0.4, 0.5) is 0 Å². The molecule has 0 aromatic carbocycles. The number of nitrogens with zero attached hydrogens (tertiary/aromatic N) is 1. The van der Waals surface area contributed by atoms with Crippen LogP contribution in [0, 0.1) is 0 Å². The fourth-order valence-electron chi connectivity index (χ4n) is 1.57. The van der Waals surface area contributed by atoms with E-state index in [0.29, 0.717) is 19.4 Å². The molecule has 0 bridgehead atoms. The standard InChI is InChI=1S/C8H14N2O2.Pb/c1-2-6(8(9)12)10-5-3-4-7(10)11;/h6H,2-5H2,1H3,(H2,9,12);. The van der Waals surface area contributed by atoms with Crippen molar-refractivity contribution in [3.05, 3.63) is 0 Å². The van der Waals surface area contributed by atoms with Crippen molar-refractivity contribution in [1.82, 2.24) is 4.90 Å². The number of likely N-dealkylation sites (tertiary alicyclic amines) is 1. The number of primary amides is 1. The average molecular weight is 377 g/mol. The minimum absolute atomic E-state index is 0. The van der Waals surface area contributed by atoms with Gasteiger partial charge < -0.3 is 10.6 Å². The number of hydrogen-bond acceptors (Lipinski definition) is 2. The van der Waals surface area contributed by atoms with Crippen LogP contribution >= 0.6 is 0 Å². The maximum absolute atomic E-state index is 11.2. The Balaban J connectivity index is 0.00000144. The van der Waals surface area contributed by atoms with Crippen LogP contribution in [0.25, 0.3) is 0 Å². The molecule has 0 aromatic heterocycles. The second-order valence-electron chi connectivity index (χ2n) is 3.02. The van der Waals surface area contributed by atoms with E-state index >= 15 is 0 Å². The minimum atomic E-state index is -0.396. The first-order chi connectivity index (χ1) is 5.66.